The number of nitrogens with two attached hydrogens (primary N) is 1. The lowest BCUT2D eigenvalue weighted by Gasteiger charge is -2.19. The minimum absolute atomic E-state index is 0. The summed E-state index contributed by atoms with van der Waals surface area (Å²) >= 11 is 11.9. The molecule has 1 atom stereocenters. The van der Waals surface area contributed by atoms with Gasteiger partial charge in [-0.05, 0) is 37.5 Å². The molecule has 0 saturated heterocycles. The van der Waals surface area contributed by atoms with E-state index in [0.29, 0.717) is 10.0 Å². The highest BCUT2D eigenvalue weighted by atomic mass is 127. The Kier molecular flexibility index (Phi) is 6.86. The van der Waals surface area contributed by atoms with Crippen molar-refractivity contribution in [1.82, 2.24) is 5.32 Å². The molecule has 0 aliphatic heterocycles. The third-order valence-corrected chi connectivity index (χ3v) is 4.36. The van der Waals surface area contributed by atoms with Crippen molar-refractivity contribution in [3.8, 4) is 0 Å². The third kappa shape index (κ3) is 5.03. The Bertz CT molecular complexity index is 589. The van der Waals surface area contributed by atoms with E-state index in [-0.39, 0.29) is 55.4 Å². The number of aliphatic imine (C=N–C) groups is 1. The highest BCUT2D eigenvalue weighted by Crippen LogP contribution is 2.57. The summed E-state index contributed by atoms with van der Waals surface area (Å²) in [6, 6.07) is 4.70. The average molecular weight is 482 g/mol. The number of hydrogen-bond donors (Lipinski definition) is 2. The Balaban J connectivity index is 0.00000264. The van der Waals surface area contributed by atoms with Crippen molar-refractivity contribution >= 4 is 53.1 Å². The van der Waals surface area contributed by atoms with Crippen molar-refractivity contribution in [3.63, 3.8) is 0 Å². The van der Waals surface area contributed by atoms with E-state index >= 15 is 0 Å². The summed E-state index contributed by atoms with van der Waals surface area (Å²) in [5.74, 6) is -0.0333. The highest BCUT2D eigenvalue weighted by molar-refractivity contribution is 14.0. The molecular formula is C14H17Cl2F3IN3. The van der Waals surface area contributed by atoms with Gasteiger partial charge in [-0.25, -0.2) is 0 Å². The van der Waals surface area contributed by atoms with Crippen LogP contribution < -0.4 is 11.1 Å². The molecule has 1 unspecified atom stereocenters. The predicted molar refractivity (Wildman–Crippen MR) is 97.6 cm³/mol. The van der Waals surface area contributed by atoms with Crippen molar-refractivity contribution in [2.45, 2.75) is 32.0 Å². The molecule has 0 heterocycles. The van der Waals surface area contributed by atoms with Gasteiger partial charge in [0.25, 0.3) is 0 Å². The van der Waals surface area contributed by atoms with Crippen LogP contribution in [0.5, 0.6) is 0 Å². The first-order chi connectivity index (χ1) is 10.1. The Hall–Kier alpha value is -0.410. The molecule has 1 aliphatic carbocycles. The molecule has 0 amide bonds. The van der Waals surface area contributed by atoms with Crippen LogP contribution in [0.2, 0.25) is 10.0 Å². The third-order valence-electron chi connectivity index (χ3n) is 3.80. The van der Waals surface area contributed by atoms with Crippen LogP contribution in [-0.4, -0.2) is 18.7 Å². The monoisotopic (exact) mass is 481 g/mol. The maximum atomic E-state index is 12.8. The van der Waals surface area contributed by atoms with Gasteiger partial charge in [-0.15, -0.1) is 24.0 Å². The second-order valence-corrected chi connectivity index (χ2v) is 6.36. The summed E-state index contributed by atoms with van der Waals surface area (Å²) in [6.07, 6.45) is -4.03. The SMILES string of the molecule is CC(NC(N)=NCC1(C(F)(F)F)CC1)c1ccc(Cl)cc1Cl.I. The minimum Gasteiger partial charge on any atom is -0.370 e. The molecule has 1 fully saturated rings. The molecule has 3 N–H and O–H groups in total. The van der Waals surface area contributed by atoms with E-state index in [9.17, 15) is 13.2 Å². The van der Waals surface area contributed by atoms with E-state index in [1.807, 2.05) is 0 Å². The molecule has 23 heavy (non-hydrogen) atoms. The fraction of sp³-hybridized carbons (Fsp3) is 0.500. The molecule has 1 aromatic rings. The van der Waals surface area contributed by atoms with E-state index in [1.165, 1.54) is 0 Å². The standard InChI is InChI=1S/C14H16Cl2F3N3.HI/c1-8(10-3-2-9(15)6-11(10)16)22-12(20)21-7-13(4-5-13)14(17,18)19;/h2-3,6,8H,4-5,7H2,1H3,(H3,20,21,22);1H. The van der Waals surface area contributed by atoms with Gasteiger partial charge in [0, 0.05) is 10.0 Å². The number of nitrogens with zero attached hydrogens (tertiary/aromatic N) is 1. The van der Waals surface area contributed by atoms with Gasteiger partial charge in [-0.1, -0.05) is 29.3 Å². The maximum absolute atomic E-state index is 12.8. The molecule has 3 nitrogen and oxygen atoms in total. The maximum Gasteiger partial charge on any atom is 0.396 e. The van der Waals surface area contributed by atoms with E-state index in [2.05, 4.69) is 10.3 Å². The first kappa shape index (κ1) is 20.6. The summed E-state index contributed by atoms with van der Waals surface area (Å²) in [5, 5.41) is 3.80. The molecular weight excluding hydrogens is 465 g/mol. The number of alkyl halides is 3. The zero-order valence-electron chi connectivity index (χ0n) is 12.3. The van der Waals surface area contributed by atoms with Crippen molar-refractivity contribution in [2.24, 2.45) is 16.1 Å². The van der Waals surface area contributed by atoms with Crippen molar-refractivity contribution < 1.29 is 13.2 Å². The van der Waals surface area contributed by atoms with Gasteiger partial charge >= 0.3 is 6.18 Å². The summed E-state index contributed by atoms with van der Waals surface area (Å²) in [7, 11) is 0. The number of hydrogen-bond acceptors (Lipinski definition) is 1. The minimum atomic E-state index is -4.23. The highest BCUT2D eigenvalue weighted by Gasteiger charge is 2.63. The Labute approximate surface area is 159 Å². The summed E-state index contributed by atoms with van der Waals surface area (Å²) in [6.45, 7) is 1.44. The van der Waals surface area contributed by atoms with Crippen molar-refractivity contribution in [2.75, 3.05) is 6.54 Å². The van der Waals surface area contributed by atoms with Crippen LogP contribution in [-0.2, 0) is 0 Å². The van der Waals surface area contributed by atoms with Crippen molar-refractivity contribution in [1.29, 1.82) is 0 Å². The Morgan fingerprint density at radius 2 is 2.00 bits per heavy atom. The van der Waals surface area contributed by atoms with Gasteiger partial charge in [0.1, 0.15) is 0 Å². The quantitative estimate of drug-likeness (QED) is 0.364. The van der Waals surface area contributed by atoms with Crippen LogP contribution in [0.4, 0.5) is 13.2 Å². The zero-order valence-corrected chi connectivity index (χ0v) is 16.1. The summed E-state index contributed by atoms with van der Waals surface area (Å²) < 4.78 is 38.4. The van der Waals surface area contributed by atoms with Gasteiger partial charge in [0.2, 0.25) is 0 Å². The molecule has 0 radical (unpaired) electrons. The average Bonchev–Trinajstić information content (AvgIpc) is 3.16. The number of halogens is 6. The molecule has 0 bridgehead atoms. The number of rotatable bonds is 4. The van der Waals surface area contributed by atoms with Crippen LogP contribution in [0, 0.1) is 5.41 Å². The van der Waals surface area contributed by atoms with Gasteiger partial charge in [0.05, 0.1) is 18.0 Å². The first-order valence-corrected chi connectivity index (χ1v) is 7.48. The second-order valence-electron chi connectivity index (χ2n) is 5.51. The normalized spacial score (nSPS) is 18.1. The smallest absolute Gasteiger partial charge is 0.370 e. The molecule has 0 spiro atoms. The van der Waals surface area contributed by atoms with Crippen LogP contribution in [0.25, 0.3) is 0 Å². The Morgan fingerprint density at radius 3 is 2.48 bits per heavy atom. The van der Waals surface area contributed by atoms with Gasteiger partial charge in [-0.2, -0.15) is 13.2 Å². The number of benzene rings is 1. The summed E-state index contributed by atoms with van der Waals surface area (Å²) in [4.78, 5) is 3.83. The summed E-state index contributed by atoms with van der Waals surface area (Å²) in [5.41, 5.74) is 4.72. The molecule has 9 heteroatoms. The van der Waals surface area contributed by atoms with Gasteiger partial charge in [-0.3, -0.25) is 4.99 Å². The lowest BCUT2D eigenvalue weighted by atomic mass is 10.1. The predicted octanol–water partition coefficient (Wildman–Crippen LogP) is 4.92. The van der Waals surface area contributed by atoms with Crippen molar-refractivity contribution in [3.05, 3.63) is 33.8 Å². The molecule has 1 aromatic carbocycles. The van der Waals surface area contributed by atoms with Crippen LogP contribution in [0.3, 0.4) is 0 Å². The molecule has 2 rings (SSSR count). The topological polar surface area (TPSA) is 50.4 Å². The fourth-order valence-electron chi connectivity index (χ4n) is 2.12. The van der Waals surface area contributed by atoms with Crippen LogP contribution in [0.1, 0.15) is 31.4 Å². The second kappa shape index (κ2) is 7.65. The molecule has 1 saturated carbocycles. The largest absolute Gasteiger partial charge is 0.396 e. The van der Waals surface area contributed by atoms with E-state index in [1.54, 1.807) is 25.1 Å². The first-order valence-electron chi connectivity index (χ1n) is 6.73. The lowest BCUT2D eigenvalue weighted by Crippen LogP contribution is -2.36. The Morgan fingerprint density at radius 1 is 1.39 bits per heavy atom. The van der Waals surface area contributed by atoms with Crippen LogP contribution >= 0.6 is 47.2 Å². The van der Waals surface area contributed by atoms with E-state index < -0.39 is 11.6 Å². The molecule has 130 valence electrons. The van der Waals surface area contributed by atoms with E-state index in [0.717, 1.165) is 5.56 Å². The van der Waals surface area contributed by atoms with Gasteiger partial charge in [0.15, 0.2) is 5.96 Å². The zero-order chi connectivity index (χ0) is 16.5. The number of nitrogens with one attached hydrogen (secondary N) is 1. The van der Waals surface area contributed by atoms with E-state index in [4.69, 9.17) is 28.9 Å². The van der Waals surface area contributed by atoms with Crippen LogP contribution in [0.15, 0.2) is 23.2 Å². The fourth-order valence-corrected chi connectivity index (χ4v) is 2.69. The molecule has 0 aromatic heterocycles. The van der Waals surface area contributed by atoms with Gasteiger partial charge < -0.3 is 11.1 Å². The number of guanidine groups is 1. The lowest BCUT2D eigenvalue weighted by molar-refractivity contribution is -0.183. The molecule has 1 aliphatic rings.